The van der Waals surface area contributed by atoms with Crippen LogP contribution in [0.5, 0.6) is 5.75 Å². The van der Waals surface area contributed by atoms with Crippen LogP contribution < -0.4 is 4.72 Å². The van der Waals surface area contributed by atoms with Crippen molar-refractivity contribution >= 4 is 16.1 Å². The Kier molecular flexibility index (Phi) is 7.98. The summed E-state index contributed by atoms with van der Waals surface area (Å²) in [4.78, 5) is 12.3. The zero-order chi connectivity index (χ0) is 29.0. The lowest BCUT2D eigenvalue weighted by molar-refractivity contribution is -0.203. The number of carbonyl (C=O) groups excluding carboxylic acids is 1. The second-order valence-corrected chi connectivity index (χ2v) is 15.5. The van der Waals surface area contributed by atoms with Crippen molar-refractivity contribution in [2.24, 2.45) is 52.3 Å². The van der Waals surface area contributed by atoms with Crippen molar-refractivity contribution in [1.29, 1.82) is 0 Å². The van der Waals surface area contributed by atoms with Crippen molar-refractivity contribution in [3.63, 3.8) is 0 Å². The molecule has 0 bridgehead atoms. The molecule has 8 nitrogen and oxygen atoms in total. The lowest BCUT2D eigenvalue weighted by Crippen LogP contribution is -2.62. The summed E-state index contributed by atoms with van der Waals surface area (Å²) < 4.78 is 32.4. The van der Waals surface area contributed by atoms with E-state index in [1.54, 1.807) is 0 Å². The number of hydrogen-bond donors (Lipinski definition) is 4. The molecule has 9 heteroatoms. The van der Waals surface area contributed by atoms with E-state index in [1.807, 2.05) is 4.72 Å². The molecule has 5 rings (SSSR count). The predicted molar refractivity (Wildman–Crippen MR) is 151 cm³/mol. The van der Waals surface area contributed by atoms with Crippen LogP contribution >= 0.6 is 0 Å². The van der Waals surface area contributed by atoms with Gasteiger partial charge in [-0.25, -0.2) is 17.9 Å². The summed E-state index contributed by atoms with van der Waals surface area (Å²) in [7, 11) is -4.10. The second-order valence-electron chi connectivity index (χ2n) is 13.8. The zero-order valence-electron chi connectivity index (χ0n) is 24.3. The maximum absolute atomic E-state index is 12.5. The molecule has 1 amide bonds. The van der Waals surface area contributed by atoms with E-state index in [9.17, 15) is 28.5 Å². The molecule has 40 heavy (non-hydrogen) atoms. The van der Waals surface area contributed by atoms with Gasteiger partial charge in [0, 0.05) is 0 Å². The van der Waals surface area contributed by atoms with Gasteiger partial charge in [0.1, 0.15) is 5.75 Å². The van der Waals surface area contributed by atoms with Gasteiger partial charge in [-0.05, 0) is 121 Å². The number of sulfonamides is 1. The molecule has 4 aliphatic carbocycles. The van der Waals surface area contributed by atoms with Gasteiger partial charge in [0.05, 0.1) is 23.7 Å². The number of ether oxygens (including phenoxy) is 1. The van der Waals surface area contributed by atoms with E-state index in [0.717, 1.165) is 51.4 Å². The summed E-state index contributed by atoms with van der Waals surface area (Å²) in [6.07, 6.45) is 6.20. The molecule has 4 saturated carbocycles. The average Bonchev–Trinajstić information content (AvgIpc) is 3.26. The van der Waals surface area contributed by atoms with E-state index in [4.69, 9.17) is 4.74 Å². The topological polar surface area (TPSA) is 133 Å². The first kappa shape index (κ1) is 29.6. The van der Waals surface area contributed by atoms with Crippen LogP contribution in [0.3, 0.4) is 0 Å². The van der Waals surface area contributed by atoms with Crippen molar-refractivity contribution in [1.82, 2.24) is 4.72 Å². The number of aromatic hydroxyl groups is 1. The van der Waals surface area contributed by atoms with Gasteiger partial charge in [-0.1, -0.05) is 34.1 Å². The van der Waals surface area contributed by atoms with Gasteiger partial charge in [0.15, 0.2) is 0 Å². The molecule has 0 heterocycles. The average molecular weight is 578 g/mol. The van der Waals surface area contributed by atoms with Crippen molar-refractivity contribution in [2.75, 3.05) is 6.61 Å². The Hall–Kier alpha value is -1.84. The number of aliphatic hydroxyl groups is 2. The normalized spacial score (nSPS) is 41.8. The fraction of sp³-hybridized carbons (Fsp3) is 0.774. The van der Waals surface area contributed by atoms with Gasteiger partial charge < -0.3 is 20.1 Å². The molecule has 11 atom stereocenters. The molecule has 1 aromatic rings. The molecule has 0 saturated heterocycles. The number of nitrogens with one attached hydrogen (secondary N) is 1. The minimum Gasteiger partial charge on any atom is -0.508 e. The number of rotatable bonds is 6. The molecule has 4 fully saturated rings. The van der Waals surface area contributed by atoms with Crippen molar-refractivity contribution in [2.45, 2.75) is 96.2 Å². The summed E-state index contributed by atoms with van der Waals surface area (Å²) in [6, 6.07) is 4.95. The van der Waals surface area contributed by atoms with Crippen LogP contribution in [0, 0.1) is 52.3 Å². The lowest BCUT2D eigenvalue weighted by atomic mass is 9.41. The molecule has 4 aliphatic rings. The van der Waals surface area contributed by atoms with Gasteiger partial charge in [-0.2, -0.15) is 0 Å². The van der Waals surface area contributed by atoms with Gasteiger partial charge in [0.2, 0.25) is 0 Å². The predicted octanol–water partition coefficient (Wildman–Crippen LogP) is 5.07. The van der Waals surface area contributed by atoms with Crippen LogP contribution in [-0.4, -0.2) is 48.6 Å². The Morgan fingerprint density at radius 1 is 1.02 bits per heavy atom. The molecular formula is C31H47NO7S. The number of hydrogen-bond acceptors (Lipinski definition) is 7. The third-order valence-corrected chi connectivity index (χ3v) is 13.3. The van der Waals surface area contributed by atoms with Crippen LogP contribution in [0.2, 0.25) is 0 Å². The first-order valence-electron chi connectivity index (χ1n) is 15.2. The molecule has 224 valence electrons. The third kappa shape index (κ3) is 4.94. The molecule has 4 N–H and O–H groups in total. The fourth-order valence-electron chi connectivity index (χ4n) is 10.1. The minimum absolute atomic E-state index is 0.0230. The number of fused-ring (bicyclic) bond motifs is 5. The van der Waals surface area contributed by atoms with Gasteiger partial charge >= 0.3 is 6.09 Å². The Bertz CT molecular complexity index is 1190. The summed E-state index contributed by atoms with van der Waals surface area (Å²) in [5, 5.41) is 31.8. The summed E-state index contributed by atoms with van der Waals surface area (Å²) >= 11 is 0. The van der Waals surface area contributed by atoms with Crippen LogP contribution in [0.1, 0.15) is 79.1 Å². The third-order valence-electron chi connectivity index (χ3n) is 12.0. The molecule has 0 aliphatic heterocycles. The van der Waals surface area contributed by atoms with Gasteiger partial charge in [0.25, 0.3) is 10.0 Å². The standard InChI is InChI=1S/C31H47NO7S/c1-5-22-26-16-20(34)12-14-31(26,4)25-13-15-30(3)23(10-11-24(30)27(25)28(22)35)18(2)17-39-29(36)32-40(37,38)21-8-6-19(33)7-9-21/h6-9,18,20,22-28,33-35H,5,10-17H2,1-4H3,(H,32,36)/t18-,20-,22-,23-,24+,25+,26+,27+,28-,30-,31-/m1/s1. The first-order chi connectivity index (χ1) is 18.8. The Balaban J connectivity index is 1.26. The largest absolute Gasteiger partial charge is 0.508 e. The van der Waals surface area contributed by atoms with Gasteiger partial charge in [-0.15, -0.1) is 0 Å². The molecule has 0 spiro atoms. The SMILES string of the molecule is CC[C@H]1[C@@H](O)[C@@H]2[C@H](CC[C@]3(C)[C@@H]([C@H](C)COC(=O)NS(=O)(=O)c4ccc(O)cc4)CC[C@@H]23)[C@@]2(C)CC[C@@H](O)C[C@@H]12. The molecule has 0 unspecified atom stereocenters. The number of benzene rings is 1. The van der Waals surface area contributed by atoms with Crippen molar-refractivity contribution < 1.29 is 33.3 Å². The maximum Gasteiger partial charge on any atom is 0.421 e. The molecular weight excluding hydrogens is 530 g/mol. The highest BCUT2D eigenvalue weighted by atomic mass is 32.2. The van der Waals surface area contributed by atoms with Crippen LogP contribution in [-0.2, 0) is 14.8 Å². The number of carbonyl (C=O) groups is 1. The summed E-state index contributed by atoms with van der Waals surface area (Å²) in [5.41, 5.74) is 0.175. The van der Waals surface area contributed by atoms with Gasteiger partial charge in [-0.3, -0.25) is 0 Å². The quantitative estimate of drug-likeness (QED) is 0.371. The van der Waals surface area contributed by atoms with E-state index >= 15 is 0 Å². The zero-order valence-corrected chi connectivity index (χ0v) is 25.1. The number of amides is 1. The maximum atomic E-state index is 12.5. The van der Waals surface area contributed by atoms with Crippen LogP contribution in [0.4, 0.5) is 4.79 Å². The Morgan fingerprint density at radius 2 is 1.68 bits per heavy atom. The Morgan fingerprint density at radius 3 is 2.35 bits per heavy atom. The highest BCUT2D eigenvalue weighted by Gasteiger charge is 2.64. The minimum atomic E-state index is -4.10. The number of phenols is 1. The molecule has 0 aromatic heterocycles. The Labute approximate surface area is 239 Å². The van der Waals surface area contributed by atoms with E-state index in [0.29, 0.717) is 23.7 Å². The van der Waals surface area contributed by atoms with E-state index < -0.39 is 16.1 Å². The van der Waals surface area contributed by atoms with E-state index in [-0.39, 0.29) is 58.0 Å². The lowest BCUT2D eigenvalue weighted by Gasteiger charge is -2.64. The van der Waals surface area contributed by atoms with Crippen LogP contribution in [0.25, 0.3) is 0 Å². The highest BCUT2D eigenvalue weighted by Crippen LogP contribution is 2.69. The summed E-state index contributed by atoms with van der Waals surface area (Å²) in [6.45, 7) is 9.19. The highest BCUT2D eigenvalue weighted by molar-refractivity contribution is 7.90. The monoisotopic (exact) mass is 577 g/mol. The summed E-state index contributed by atoms with van der Waals surface area (Å²) in [5.74, 6) is 1.97. The first-order valence-corrected chi connectivity index (χ1v) is 16.6. The van der Waals surface area contributed by atoms with E-state index in [1.165, 1.54) is 24.3 Å². The van der Waals surface area contributed by atoms with Crippen molar-refractivity contribution in [3.05, 3.63) is 24.3 Å². The van der Waals surface area contributed by atoms with E-state index in [2.05, 4.69) is 27.7 Å². The molecule has 0 radical (unpaired) electrons. The smallest absolute Gasteiger partial charge is 0.421 e. The van der Waals surface area contributed by atoms with Crippen LogP contribution in [0.15, 0.2) is 29.2 Å². The number of aliphatic hydroxyl groups excluding tert-OH is 2. The fourth-order valence-corrected chi connectivity index (χ4v) is 11.0. The van der Waals surface area contributed by atoms with Crippen molar-refractivity contribution in [3.8, 4) is 5.75 Å². The molecule has 1 aromatic carbocycles. The number of phenolic OH excluding ortho intramolecular Hbond substituents is 1. The second kappa shape index (κ2) is 10.8.